The van der Waals surface area contributed by atoms with Crippen LogP contribution in [0.1, 0.15) is 114 Å². The number of aryl methyl sites for hydroxylation is 3. The third kappa shape index (κ3) is 6.08. The number of ether oxygens (including phenoxy) is 3. The van der Waals surface area contributed by atoms with Gasteiger partial charge in [0.05, 0.1) is 55.9 Å². The van der Waals surface area contributed by atoms with Crippen LogP contribution in [0.2, 0.25) is 0 Å². The zero-order valence-electron chi connectivity index (χ0n) is 28.8. The standard InChI is InChI=1S/C37H44N4O6/c1-10-22-18(3)26-15-28-20(5)24(12-13-32(42)45-7)35(40-28)25(14-33(43)46-8)36-34(37(44)47-9)21(6)29(41-36)17-31-23(11-2)19(4)27(39-31)16-30(22)38-26/h15-17,20,24,39,41H,10-14H2,1-9H3/t20-,24-/m0/s1. The van der Waals surface area contributed by atoms with Crippen molar-refractivity contribution in [2.45, 2.75) is 85.5 Å². The molecule has 248 valence electrons. The summed E-state index contributed by atoms with van der Waals surface area (Å²) in [5.74, 6) is -1.75. The van der Waals surface area contributed by atoms with Crippen LogP contribution in [0.5, 0.6) is 0 Å². The number of nitrogens with one attached hydrogen (secondary N) is 2. The molecule has 2 aliphatic heterocycles. The normalized spacial score (nSPS) is 15.9. The summed E-state index contributed by atoms with van der Waals surface area (Å²) < 4.78 is 15.4. The second-order valence-corrected chi connectivity index (χ2v) is 12.3. The van der Waals surface area contributed by atoms with Gasteiger partial charge in [-0.3, -0.25) is 14.6 Å². The molecule has 3 aromatic rings. The van der Waals surface area contributed by atoms with Gasteiger partial charge in [0.1, 0.15) is 0 Å². The average Bonchev–Trinajstić information content (AvgIpc) is 3.74. The number of aromatic nitrogens is 4. The summed E-state index contributed by atoms with van der Waals surface area (Å²) in [4.78, 5) is 56.2. The van der Waals surface area contributed by atoms with E-state index in [-0.39, 0.29) is 30.6 Å². The van der Waals surface area contributed by atoms with E-state index in [2.05, 4.69) is 50.7 Å². The fraction of sp³-hybridized carbons (Fsp3) is 0.432. The predicted octanol–water partition coefficient (Wildman–Crippen LogP) is 7.18. The molecule has 10 heteroatoms. The number of allylic oxidation sites excluding steroid dienone is 2. The van der Waals surface area contributed by atoms with Crippen LogP contribution in [0, 0.1) is 13.8 Å². The van der Waals surface area contributed by atoms with Crippen molar-refractivity contribution in [2.24, 2.45) is 0 Å². The van der Waals surface area contributed by atoms with Gasteiger partial charge in [-0.2, -0.15) is 0 Å². The van der Waals surface area contributed by atoms with Crippen LogP contribution in [0.3, 0.4) is 0 Å². The van der Waals surface area contributed by atoms with Crippen molar-refractivity contribution in [3.05, 3.63) is 68.8 Å². The van der Waals surface area contributed by atoms with Crippen LogP contribution in [0.15, 0.2) is 18.2 Å². The molecule has 0 aromatic carbocycles. The average molecular weight is 641 g/mol. The van der Waals surface area contributed by atoms with Gasteiger partial charge in [-0.15, -0.1) is 0 Å². The molecular weight excluding hydrogens is 596 g/mol. The van der Waals surface area contributed by atoms with E-state index in [1.807, 2.05) is 19.1 Å². The molecule has 2 atom stereocenters. The second kappa shape index (κ2) is 13.6. The Kier molecular flexibility index (Phi) is 9.70. The van der Waals surface area contributed by atoms with Gasteiger partial charge in [-0.1, -0.05) is 20.8 Å². The maximum Gasteiger partial charge on any atom is 0.340 e. The fourth-order valence-electron chi connectivity index (χ4n) is 7.01. The molecule has 10 nitrogen and oxygen atoms in total. The van der Waals surface area contributed by atoms with Gasteiger partial charge in [-0.05, 0) is 86.1 Å². The SMILES string of the molecule is CCC1=C(C)c2cc3nc(c(CC(=O)OC)c4[nH]c(cc5[nH]c(cc1n2)c(C)c5CC)c(C)c4C(=O)OC)[C@@H](CCC(=O)OC)[C@@H]3C. The van der Waals surface area contributed by atoms with Crippen LogP contribution in [-0.2, 0) is 36.6 Å². The minimum absolute atomic E-state index is 0.129. The van der Waals surface area contributed by atoms with Gasteiger partial charge in [-0.25, -0.2) is 9.78 Å². The van der Waals surface area contributed by atoms with E-state index in [4.69, 9.17) is 24.2 Å². The number of methoxy groups -OCH3 is 3. The number of esters is 3. The molecule has 0 aliphatic carbocycles. The zero-order chi connectivity index (χ0) is 34.2. The lowest BCUT2D eigenvalue weighted by molar-refractivity contribution is -0.141. The summed E-state index contributed by atoms with van der Waals surface area (Å²) in [6.45, 7) is 12.4. The summed E-state index contributed by atoms with van der Waals surface area (Å²) >= 11 is 0. The molecule has 0 fully saturated rings. The smallest absolute Gasteiger partial charge is 0.340 e. The third-order valence-corrected chi connectivity index (χ3v) is 9.80. The van der Waals surface area contributed by atoms with Crippen molar-refractivity contribution in [3.63, 3.8) is 0 Å². The summed E-state index contributed by atoms with van der Waals surface area (Å²) in [6.07, 6.45) is 2.05. The quantitative estimate of drug-likeness (QED) is 0.195. The lowest BCUT2D eigenvalue weighted by atomic mass is 9.85. The van der Waals surface area contributed by atoms with Gasteiger partial charge in [0.15, 0.2) is 0 Å². The lowest BCUT2D eigenvalue weighted by Gasteiger charge is -2.18. The molecular formula is C37H44N4O6. The monoisotopic (exact) mass is 640 g/mol. The number of carbonyl (C=O) groups excluding carboxylic acids is 3. The summed E-state index contributed by atoms with van der Waals surface area (Å²) in [5, 5.41) is 0. The van der Waals surface area contributed by atoms with Gasteiger partial charge in [0.25, 0.3) is 0 Å². The first-order chi connectivity index (χ1) is 22.5. The molecule has 0 saturated carbocycles. The molecule has 0 unspecified atom stereocenters. The van der Waals surface area contributed by atoms with E-state index in [9.17, 15) is 14.4 Å². The Morgan fingerprint density at radius 2 is 1.49 bits per heavy atom. The Bertz CT molecular complexity index is 1960. The molecule has 0 saturated heterocycles. The molecule has 8 bridgehead atoms. The van der Waals surface area contributed by atoms with Gasteiger partial charge < -0.3 is 24.2 Å². The summed E-state index contributed by atoms with van der Waals surface area (Å²) in [7, 11) is 4.04. The highest BCUT2D eigenvalue weighted by Gasteiger charge is 2.34. The van der Waals surface area contributed by atoms with Gasteiger partial charge in [0, 0.05) is 46.1 Å². The van der Waals surface area contributed by atoms with E-state index in [0.29, 0.717) is 39.8 Å². The topological polar surface area (TPSA) is 136 Å². The minimum atomic E-state index is -0.537. The van der Waals surface area contributed by atoms with E-state index in [1.54, 1.807) is 0 Å². The first kappa shape index (κ1) is 33.6. The number of carbonyl (C=O) groups is 3. The molecule has 47 heavy (non-hydrogen) atoms. The maximum absolute atomic E-state index is 13.4. The minimum Gasteiger partial charge on any atom is -0.469 e. The highest BCUT2D eigenvalue weighted by Crippen LogP contribution is 2.43. The number of hydrogen-bond donors (Lipinski definition) is 2. The van der Waals surface area contributed by atoms with E-state index < -0.39 is 11.9 Å². The van der Waals surface area contributed by atoms with E-state index in [0.717, 1.165) is 57.7 Å². The summed E-state index contributed by atoms with van der Waals surface area (Å²) in [5.41, 5.74) is 12.2. The predicted molar refractivity (Wildman–Crippen MR) is 182 cm³/mol. The molecule has 5 rings (SSSR count). The van der Waals surface area contributed by atoms with E-state index in [1.165, 1.54) is 26.9 Å². The highest BCUT2D eigenvalue weighted by atomic mass is 16.5. The second-order valence-electron chi connectivity index (χ2n) is 12.3. The Balaban J connectivity index is 2.02. The fourth-order valence-corrected chi connectivity index (χ4v) is 7.01. The van der Waals surface area contributed by atoms with E-state index >= 15 is 0 Å². The van der Waals surface area contributed by atoms with Crippen LogP contribution in [0.4, 0.5) is 0 Å². The van der Waals surface area contributed by atoms with Crippen LogP contribution in [0.25, 0.3) is 33.2 Å². The molecule has 2 aliphatic rings. The highest BCUT2D eigenvalue weighted by molar-refractivity contribution is 6.03. The van der Waals surface area contributed by atoms with Crippen molar-refractivity contribution in [3.8, 4) is 0 Å². The lowest BCUT2D eigenvalue weighted by Crippen LogP contribution is -2.13. The molecule has 0 radical (unpaired) electrons. The van der Waals surface area contributed by atoms with Crippen molar-refractivity contribution < 1.29 is 28.6 Å². The largest absolute Gasteiger partial charge is 0.469 e. The number of rotatable bonds is 8. The van der Waals surface area contributed by atoms with Crippen molar-refractivity contribution in [1.29, 1.82) is 0 Å². The molecule has 5 heterocycles. The van der Waals surface area contributed by atoms with Gasteiger partial charge in [0.2, 0.25) is 0 Å². The zero-order valence-corrected chi connectivity index (χ0v) is 28.8. The Hall–Kier alpha value is -4.73. The Morgan fingerprint density at radius 1 is 0.787 bits per heavy atom. The molecule has 0 amide bonds. The molecule has 0 spiro atoms. The molecule has 3 aromatic heterocycles. The summed E-state index contributed by atoms with van der Waals surface area (Å²) in [6, 6.07) is 6.14. The number of hydrogen-bond acceptors (Lipinski definition) is 8. The third-order valence-electron chi connectivity index (χ3n) is 9.80. The van der Waals surface area contributed by atoms with Crippen molar-refractivity contribution >= 4 is 51.1 Å². The first-order valence-electron chi connectivity index (χ1n) is 16.2. The molecule has 2 N–H and O–H groups in total. The Labute approximate surface area is 275 Å². The van der Waals surface area contributed by atoms with Crippen LogP contribution >= 0.6 is 0 Å². The maximum atomic E-state index is 13.4. The Morgan fingerprint density at radius 3 is 2.13 bits per heavy atom. The first-order valence-corrected chi connectivity index (χ1v) is 16.2. The van der Waals surface area contributed by atoms with Crippen molar-refractivity contribution in [2.75, 3.05) is 21.3 Å². The van der Waals surface area contributed by atoms with Crippen molar-refractivity contribution in [1.82, 2.24) is 19.9 Å². The number of nitrogens with zero attached hydrogens (tertiary/aromatic N) is 2. The van der Waals surface area contributed by atoms with Crippen LogP contribution < -0.4 is 0 Å². The number of aromatic amines is 2. The number of fused-ring (bicyclic) bond motifs is 8. The number of H-pyrrole nitrogens is 2. The van der Waals surface area contributed by atoms with Gasteiger partial charge >= 0.3 is 17.9 Å². The van der Waals surface area contributed by atoms with Crippen LogP contribution in [-0.4, -0.2) is 59.2 Å².